The first-order chi connectivity index (χ1) is 11.4. The van der Waals surface area contributed by atoms with Crippen LogP contribution in [0.5, 0.6) is 5.75 Å². The van der Waals surface area contributed by atoms with Crippen LogP contribution in [0.2, 0.25) is 0 Å². The Morgan fingerprint density at radius 2 is 1.96 bits per heavy atom. The van der Waals surface area contributed by atoms with Crippen molar-refractivity contribution in [2.24, 2.45) is 5.92 Å². The van der Waals surface area contributed by atoms with Crippen LogP contribution in [0.25, 0.3) is 0 Å². The minimum Gasteiger partial charge on any atom is -0.406 e. The van der Waals surface area contributed by atoms with Gasteiger partial charge in [0.25, 0.3) is 0 Å². The van der Waals surface area contributed by atoms with E-state index < -0.39 is 6.36 Å². The molecule has 1 heterocycles. The second-order valence-corrected chi connectivity index (χ2v) is 5.75. The molecule has 1 fully saturated rings. The molecule has 1 aromatic carbocycles. The molecular weight excluding hydrogens is 325 g/mol. The predicted octanol–water partition coefficient (Wildman–Crippen LogP) is 2.54. The molecule has 8 heteroatoms. The largest absolute Gasteiger partial charge is 0.573 e. The van der Waals surface area contributed by atoms with Gasteiger partial charge in [-0.15, -0.1) is 13.2 Å². The summed E-state index contributed by atoms with van der Waals surface area (Å²) in [6.45, 7) is 1.50. The van der Waals surface area contributed by atoms with E-state index in [1.807, 2.05) is 0 Å². The summed E-state index contributed by atoms with van der Waals surface area (Å²) in [5, 5.41) is 11.8. The van der Waals surface area contributed by atoms with Crippen LogP contribution in [0.1, 0.15) is 18.4 Å². The summed E-state index contributed by atoms with van der Waals surface area (Å²) in [6.07, 6.45) is -2.99. The molecule has 2 amide bonds. The normalized spacial score (nSPS) is 16.1. The van der Waals surface area contributed by atoms with Crippen LogP contribution in [-0.2, 0) is 6.42 Å². The fourth-order valence-electron chi connectivity index (χ4n) is 2.67. The van der Waals surface area contributed by atoms with E-state index in [9.17, 15) is 18.0 Å². The number of hydrogen-bond donors (Lipinski definition) is 2. The third-order valence-electron chi connectivity index (χ3n) is 4.03. The van der Waals surface area contributed by atoms with E-state index in [2.05, 4.69) is 10.1 Å². The van der Waals surface area contributed by atoms with Gasteiger partial charge in [-0.25, -0.2) is 4.79 Å². The molecule has 0 spiro atoms. The Hall–Kier alpha value is -1.96. The van der Waals surface area contributed by atoms with E-state index in [1.54, 1.807) is 17.0 Å². The number of hydrogen-bond acceptors (Lipinski definition) is 3. The van der Waals surface area contributed by atoms with Crippen LogP contribution in [0, 0.1) is 5.92 Å². The minimum atomic E-state index is -4.74. The number of benzene rings is 1. The number of ether oxygens (including phenoxy) is 1. The number of halogens is 3. The maximum atomic E-state index is 12.4. The van der Waals surface area contributed by atoms with Gasteiger partial charge in [-0.05, 0) is 36.8 Å². The Morgan fingerprint density at radius 3 is 2.58 bits per heavy atom. The second-order valence-electron chi connectivity index (χ2n) is 5.75. The number of nitrogens with zero attached hydrogens (tertiary/aromatic N) is 1. The van der Waals surface area contributed by atoms with Gasteiger partial charge in [-0.1, -0.05) is 18.2 Å². The van der Waals surface area contributed by atoms with Gasteiger partial charge in [0.15, 0.2) is 0 Å². The summed E-state index contributed by atoms with van der Waals surface area (Å²) in [6, 6.07) is 5.65. The van der Waals surface area contributed by atoms with Gasteiger partial charge in [0.2, 0.25) is 0 Å². The van der Waals surface area contributed by atoms with Crippen molar-refractivity contribution in [2.75, 3.05) is 26.2 Å². The van der Waals surface area contributed by atoms with Crippen molar-refractivity contribution in [1.29, 1.82) is 0 Å². The number of aliphatic hydroxyl groups is 1. The lowest BCUT2D eigenvalue weighted by atomic mass is 9.98. The van der Waals surface area contributed by atoms with Gasteiger partial charge in [0.1, 0.15) is 5.75 Å². The highest BCUT2D eigenvalue weighted by atomic mass is 19.4. The molecule has 0 bridgehead atoms. The number of urea groups is 1. The monoisotopic (exact) mass is 346 g/mol. The average molecular weight is 346 g/mol. The Bertz CT molecular complexity index is 544. The number of carbonyl (C=O) groups excluding carboxylic acids is 1. The van der Waals surface area contributed by atoms with Gasteiger partial charge in [0, 0.05) is 26.2 Å². The molecule has 0 unspecified atom stereocenters. The molecule has 2 rings (SSSR count). The van der Waals surface area contributed by atoms with Gasteiger partial charge in [-0.3, -0.25) is 0 Å². The highest BCUT2D eigenvalue weighted by Gasteiger charge is 2.32. The van der Waals surface area contributed by atoms with E-state index in [-0.39, 0.29) is 37.3 Å². The van der Waals surface area contributed by atoms with Gasteiger partial charge < -0.3 is 20.1 Å². The summed E-state index contributed by atoms with van der Waals surface area (Å²) < 4.78 is 41.1. The number of rotatable bonds is 5. The average Bonchev–Trinajstić information content (AvgIpc) is 2.55. The Labute approximate surface area is 138 Å². The lowest BCUT2D eigenvalue weighted by Gasteiger charge is -2.31. The van der Waals surface area contributed by atoms with Crippen molar-refractivity contribution in [3.05, 3.63) is 29.8 Å². The van der Waals surface area contributed by atoms with Gasteiger partial charge >= 0.3 is 12.4 Å². The topological polar surface area (TPSA) is 61.8 Å². The highest BCUT2D eigenvalue weighted by Crippen LogP contribution is 2.26. The summed E-state index contributed by atoms with van der Waals surface area (Å²) in [5.74, 6) is -0.0107. The van der Waals surface area contributed by atoms with E-state index in [0.29, 0.717) is 18.7 Å². The molecule has 1 aliphatic rings. The van der Waals surface area contributed by atoms with Crippen LogP contribution in [-0.4, -0.2) is 48.6 Å². The van der Waals surface area contributed by atoms with Crippen molar-refractivity contribution in [3.8, 4) is 5.75 Å². The van der Waals surface area contributed by atoms with Crippen molar-refractivity contribution in [2.45, 2.75) is 25.6 Å². The molecule has 134 valence electrons. The quantitative estimate of drug-likeness (QED) is 0.861. The van der Waals surface area contributed by atoms with Crippen LogP contribution < -0.4 is 10.1 Å². The van der Waals surface area contributed by atoms with Crippen LogP contribution in [0.3, 0.4) is 0 Å². The minimum absolute atomic E-state index is 0.130. The van der Waals surface area contributed by atoms with E-state index in [1.165, 1.54) is 12.1 Å². The number of likely N-dealkylation sites (tertiary alicyclic amines) is 1. The van der Waals surface area contributed by atoms with Crippen molar-refractivity contribution in [3.63, 3.8) is 0 Å². The SMILES string of the molecule is O=C(NCCc1ccccc1OC(F)(F)F)N1CCC(CO)CC1. The molecule has 1 saturated heterocycles. The Balaban J connectivity index is 1.81. The number of carbonyl (C=O) groups is 1. The summed E-state index contributed by atoms with van der Waals surface area (Å²) >= 11 is 0. The summed E-state index contributed by atoms with van der Waals surface area (Å²) in [7, 11) is 0. The summed E-state index contributed by atoms with van der Waals surface area (Å²) in [4.78, 5) is 13.7. The maximum Gasteiger partial charge on any atom is 0.573 e. The smallest absolute Gasteiger partial charge is 0.406 e. The van der Waals surface area contributed by atoms with Crippen molar-refractivity contribution < 1.29 is 27.8 Å². The fraction of sp³-hybridized carbons (Fsp3) is 0.562. The molecule has 0 radical (unpaired) electrons. The zero-order valence-electron chi connectivity index (χ0n) is 13.2. The third kappa shape index (κ3) is 5.59. The molecule has 5 nitrogen and oxygen atoms in total. The first kappa shape index (κ1) is 18.4. The number of alkyl halides is 3. The molecule has 24 heavy (non-hydrogen) atoms. The molecule has 1 aliphatic heterocycles. The maximum absolute atomic E-state index is 12.4. The fourth-order valence-corrected chi connectivity index (χ4v) is 2.67. The zero-order valence-corrected chi connectivity index (χ0v) is 13.2. The lowest BCUT2D eigenvalue weighted by molar-refractivity contribution is -0.274. The van der Waals surface area contributed by atoms with Crippen molar-refractivity contribution in [1.82, 2.24) is 10.2 Å². The molecule has 1 aromatic rings. The molecular formula is C16H21F3N2O3. The van der Waals surface area contributed by atoms with Crippen LogP contribution >= 0.6 is 0 Å². The van der Waals surface area contributed by atoms with E-state index in [0.717, 1.165) is 12.8 Å². The van der Waals surface area contributed by atoms with Crippen LogP contribution in [0.15, 0.2) is 24.3 Å². The van der Waals surface area contributed by atoms with E-state index in [4.69, 9.17) is 5.11 Å². The first-order valence-electron chi connectivity index (χ1n) is 7.86. The molecule has 0 atom stereocenters. The second kappa shape index (κ2) is 8.23. The summed E-state index contributed by atoms with van der Waals surface area (Å²) in [5.41, 5.74) is 0.383. The van der Waals surface area contributed by atoms with Crippen LogP contribution in [0.4, 0.5) is 18.0 Å². The van der Waals surface area contributed by atoms with E-state index >= 15 is 0 Å². The van der Waals surface area contributed by atoms with Crippen molar-refractivity contribution >= 4 is 6.03 Å². The van der Waals surface area contributed by atoms with Gasteiger partial charge in [-0.2, -0.15) is 0 Å². The number of aliphatic hydroxyl groups excluding tert-OH is 1. The number of nitrogens with one attached hydrogen (secondary N) is 1. The number of piperidine rings is 1. The Kier molecular flexibility index (Phi) is 6.30. The molecule has 2 N–H and O–H groups in total. The molecule has 0 aliphatic carbocycles. The molecule has 0 aromatic heterocycles. The van der Waals surface area contributed by atoms with Gasteiger partial charge in [0.05, 0.1) is 0 Å². The Morgan fingerprint density at radius 1 is 1.29 bits per heavy atom. The predicted molar refractivity (Wildman–Crippen MR) is 81.6 cm³/mol. The lowest BCUT2D eigenvalue weighted by Crippen LogP contribution is -2.45. The number of amides is 2. The standard InChI is InChI=1S/C16H21F3N2O3/c17-16(18,19)24-14-4-2-1-3-13(14)5-8-20-15(23)21-9-6-12(11-22)7-10-21/h1-4,12,22H,5-11H2,(H,20,23). The first-order valence-corrected chi connectivity index (χ1v) is 7.86. The zero-order chi connectivity index (χ0) is 17.6. The molecule has 0 saturated carbocycles. The number of para-hydroxylation sites is 1. The third-order valence-corrected chi connectivity index (χ3v) is 4.03. The highest BCUT2D eigenvalue weighted by molar-refractivity contribution is 5.74.